The van der Waals surface area contributed by atoms with E-state index in [2.05, 4.69) is 4.98 Å². The maximum Gasteiger partial charge on any atom is 0.205 e. The number of nitrogens with zero attached hydrogens (tertiary/aromatic N) is 1. The molecule has 112 valence electrons. The predicted octanol–water partition coefficient (Wildman–Crippen LogP) is 5.26. The van der Waals surface area contributed by atoms with Crippen LogP contribution in [0.2, 0.25) is 10.0 Å². The Morgan fingerprint density at radius 2 is 1.91 bits per heavy atom. The number of ketones is 1. The van der Waals surface area contributed by atoms with Crippen LogP contribution < -0.4 is 0 Å². The fraction of sp³-hybridized carbons (Fsp3) is 0. The number of H-pyrrole nitrogens is 1. The molecule has 0 aliphatic rings. The average Bonchev–Trinajstić information content (AvgIpc) is 2.99. The van der Waals surface area contributed by atoms with E-state index in [9.17, 15) is 10.1 Å². The molecule has 0 fully saturated rings. The number of hydrogen-bond acceptors (Lipinski definition) is 2. The molecule has 3 nitrogen and oxygen atoms in total. The number of allylic oxidation sites excluding steroid dienone is 1. The van der Waals surface area contributed by atoms with Gasteiger partial charge < -0.3 is 4.98 Å². The van der Waals surface area contributed by atoms with Gasteiger partial charge in [0.15, 0.2) is 0 Å². The summed E-state index contributed by atoms with van der Waals surface area (Å²) in [6.45, 7) is 0. The summed E-state index contributed by atoms with van der Waals surface area (Å²) < 4.78 is 0. The van der Waals surface area contributed by atoms with E-state index in [0.717, 1.165) is 10.9 Å². The monoisotopic (exact) mass is 340 g/mol. The minimum absolute atomic E-state index is 0.00100. The van der Waals surface area contributed by atoms with Crippen LogP contribution in [0.4, 0.5) is 0 Å². The molecule has 2 aromatic carbocycles. The van der Waals surface area contributed by atoms with Crippen LogP contribution in [0.3, 0.4) is 0 Å². The summed E-state index contributed by atoms with van der Waals surface area (Å²) in [5, 5.41) is 10.8. The lowest BCUT2D eigenvalue weighted by atomic mass is 10.0. The molecule has 0 amide bonds. The van der Waals surface area contributed by atoms with Crippen molar-refractivity contribution in [3.05, 3.63) is 75.4 Å². The number of Topliss-reactive ketones (excluding diaryl/α,β-unsaturated/α-hetero) is 1. The highest BCUT2D eigenvalue weighted by Gasteiger charge is 2.17. The minimum atomic E-state index is -0.360. The third kappa shape index (κ3) is 2.87. The molecular formula is C18H10Cl2N2O. The Balaban J connectivity index is 2.08. The third-order valence-corrected chi connectivity index (χ3v) is 4.31. The van der Waals surface area contributed by atoms with Crippen molar-refractivity contribution in [2.75, 3.05) is 0 Å². The molecule has 0 atom stereocenters. The molecule has 0 radical (unpaired) electrons. The standard InChI is InChI=1S/C18H10Cl2N2O/c19-15-6-3-4-11(17(15)20)8-12(9-21)18(23)14-10-22-16-7-2-1-5-13(14)16/h1-8,10,22H/b12-8+. The first-order valence-electron chi connectivity index (χ1n) is 6.78. The number of aromatic amines is 1. The van der Waals surface area contributed by atoms with Gasteiger partial charge in [-0.3, -0.25) is 4.79 Å². The van der Waals surface area contributed by atoms with Gasteiger partial charge in [-0.05, 0) is 23.8 Å². The zero-order valence-electron chi connectivity index (χ0n) is 11.8. The highest BCUT2D eigenvalue weighted by atomic mass is 35.5. The molecule has 1 aromatic heterocycles. The van der Waals surface area contributed by atoms with Gasteiger partial charge in [0, 0.05) is 22.7 Å². The minimum Gasteiger partial charge on any atom is -0.360 e. The summed E-state index contributed by atoms with van der Waals surface area (Å²) in [5.74, 6) is -0.360. The Kier molecular flexibility index (Phi) is 4.20. The second-order valence-corrected chi connectivity index (χ2v) is 5.68. The lowest BCUT2D eigenvalue weighted by Gasteiger charge is -2.02. The number of hydrogen-bond donors (Lipinski definition) is 1. The van der Waals surface area contributed by atoms with Gasteiger partial charge >= 0.3 is 0 Å². The Labute approximate surface area is 142 Å². The Hall–Kier alpha value is -2.54. The molecule has 3 rings (SSSR count). The number of benzene rings is 2. The first kappa shape index (κ1) is 15.4. The predicted molar refractivity (Wildman–Crippen MR) is 92.7 cm³/mol. The Morgan fingerprint density at radius 1 is 1.13 bits per heavy atom. The first-order valence-corrected chi connectivity index (χ1v) is 7.54. The summed E-state index contributed by atoms with van der Waals surface area (Å²) in [4.78, 5) is 15.7. The lowest BCUT2D eigenvalue weighted by Crippen LogP contribution is -2.01. The molecule has 0 aliphatic heterocycles. The molecule has 0 saturated heterocycles. The second kappa shape index (κ2) is 6.29. The molecule has 5 heteroatoms. The van der Waals surface area contributed by atoms with E-state index in [0.29, 0.717) is 21.2 Å². The van der Waals surface area contributed by atoms with Crippen molar-refractivity contribution >= 4 is 46.0 Å². The van der Waals surface area contributed by atoms with Gasteiger partial charge in [-0.25, -0.2) is 0 Å². The largest absolute Gasteiger partial charge is 0.360 e. The van der Waals surface area contributed by atoms with Gasteiger partial charge in [0.2, 0.25) is 5.78 Å². The van der Waals surface area contributed by atoms with E-state index >= 15 is 0 Å². The Morgan fingerprint density at radius 3 is 2.70 bits per heavy atom. The number of nitriles is 1. The van der Waals surface area contributed by atoms with Gasteiger partial charge in [0.25, 0.3) is 0 Å². The van der Waals surface area contributed by atoms with Crippen molar-refractivity contribution in [3.8, 4) is 6.07 Å². The van der Waals surface area contributed by atoms with Crippen molar-refractivity contribution < 1.29 is 4.79 Å². The van der Waals surface area contributed by atoms with Crippen molar-refractivity contribution in [3.63, 3.8) is 0 Å². The molecule has 0 bridgehead atoms. The molecule has 23 heavy (non-hydrogen) atoms. The van der Waals surface area contributed by atoms with Gasteiger partial charge in [0.1, 0.15) is 11.6 Å². The lowest BCUT2D eigenvalue weighted by molar-refractivity contribution is 0.104. The number of halogens is 2. The molecule has 0 unspecified atom stereocenters. The van der Waals surface area contributed by atoms with Gasteiger partial charge in [-0.15, -0.1) is 0 Å². The van der Waals surface area contributed by atoms with Crippen molar-refractivity contribution in [2.24, 2.45) is 0 Å². The highest BCUT2D eigenvalue weighted by molar-refractivity contribution is 6.43. The quantitative estimate of drug-likeness (QED) is 0.401. The number of aromatic nitrogens is 1. The normalized spacial score (nSPS) is 11.4. The van der Waals surface area contributed by atoms with Crippen molar-refractivity contribution in [2.45, 2.75) is 0 Å². The van der Waals surface area contributed by atoms with Crippen LogP contribution in [0.1, 0.15) is 15.9 Å². The van der Waals surface area contributed by atoms with Crippen molar-refractivity contribution in [1.29, 1.82) is 5.26 Å². The van der Waals surface area contributed by atoms with E-state index < -0.39 is 0 Å². The summed E-state index contributed by atoms with van der Waals surface area (Å²) >= 11 is 12.1. The maximum atomic E-state index is 12.7. The van der Waals surface area contributed by atoms with E-state index in [-0.39, 0.29) is 11.4 Å². The smallest absolute Gasteiger partial charge is 0.205 e. The van der Waals surface area contributed by atoms with E-state index in [4.69, 9.17) is 23.2 Å². The number of para-hydroxylation sites is 1. The highest BCUT2D eigenvalue weighted by Crippen LogP contribution is 2.28. The SMILES string of the molecule is N#C/C(=C\c1cccc(Cl)c1Cl)C(=O)c1c[nH]c2ccccc12. The van der Waals surface area contributed by atoms with Crippen LogP contribution >= 0.6 is 23.2 Å². The van der Waals surface area contributed by atoms with Gasteiger partial charge in [-0.1, -0.05) is 53.5 Å². The summed E-state index contributed by atoms with van der Waals surface area (Å²) in [5.41, 5.74) is 1.82. The Bertz CT molecular complexity index is 980. The molecular weight excluding hydrogens is 331 g/mol. The summed E-state index contributed by atoms with van der Waals surface area (Å²) in [6.07, 6.45) is 3.07. The number of carbonyl (C=O) groups is 1. The fourth-order valence-corrected chi connectivity index (χ4v) is 2.70. The summed E-state index contributed by atoms with van der Waals surface area (Å²) in [7, 11) is 0. The molecule has 0 saturated carbocycles. The van der Waals surface area contributed by atoms with Gasteiger partial charge in [0.05, 0.1) is 10.0 Å². The first-order chi connectivity index (χ1) is 11.1. The number of nitrogens with one attached hydrogen (secondary N) is 1. The number of fused-ring (bicyclic) bond motifs is 1. The molecule has 0 aliphatic carbocycles. The average molecular weight is 341 g/mol. The van der Waals surface area contributed by atoms with Crippen LogP contribution in [0, 0.1) is 11.3 Å². The van der Waals surface area contributed by atoms with E-state index in [1.807, 2.05) is 30.3 Å². The van der Waals surface area contributed by atoms with Crippen LogP contribution in [0.5, 0.6) is 0 Å². The molecule has 0 spiro atoms. The second-order valence-electron chi connectivity index (χ2n) is 4.89. The van der Waals surface area contributed by atoms with Crippen LogP contribution in [0.15, 0.2) is 54.2 Å². The zero-order chi connectivity index (χ0) is 16.4. The molecule has 3 aromatic rings. The van der Waals surface area contributed by atoms with Crippen molar-refractivity contribution in [1.82, 2.24) is 4.98 Å². The third-order valence-electron chi connectivity index (χ3n) is 3.48. The van der Waals surface area contributed by atoms with Gasteiger partial charge in [-0.2, -0.15) is 5.26 Å². The van der Waals surface area contributed by atoms with E-state index in [1.165, 1.54) is 6.08 Å². The van der Waals surface area contributed by atoms with Crippen LogP contribution in [-0.4, -0.2) is 10.8 Å². The topological polar surface area (TPSA) is 56.6 Å². The van der Waals surface area contributed by atoms with Crippen LogP contribution in [-0.2, 0) is 0 Å². The molecule has 1 heterocycles. The zero-order valence-corrected chi connectivity index (χ0v) is 13.3. The number of carbonyl (C=O) groups excluding carboxylic acids is 1. The molecule has 1 N–H and O–H groups in total. The number of rotatable bonds is 3. The van der Waals surface area contributed by atoms with Crippen LogP contribution in [0.25, 0.3) is 17.0 Å². The fourth-order valence-electron chi connectivity index (χ4n) is 2.34. The van der Waals surface area contributed by atoms with E-state index in [1.54, 1.807) is 24.4 Å². The summed E-state index contributed by atoms with van der Waals surface area (Å²) in [6, 6.07) is 14.4. The maximum absolute atomic E-state index is 12.7.